The molecule has 0 radical (unpaired) electrons. The van der Waals surface area contributed by atoms with Crippen LogP contribution in [-0.4, -0.2) is 0 Å². The highest BCUT2D eigenvalue weighted by molar-refractivity contribution is 14.1. The average Bonchev–Trinajstić information content (AvgIpc) is 2.05. The van der Waals surface area contributed by atoms with Crippen LogP contribution in [0, 0.1) is 14.9 Å². The van der Waals surface area contributed by atoms with Crippen molar-refractivity contribution in [3.8, 4) is 6.07 Å². The first-order valence-corrected chi connectivity index (χ1v) is 5.14. The molecular formula is C8H6BrIN2. The molecule has 0 aromatic heterocycles. The van der Waals surface area contributed by atoms with Gasteiger partial charge in [0.25, 0.3) is 0 Å². The summed E-state index contributed by atoms with van der Waals surface area (Å²) in [6.45, 7) is 0.451. The van der Waals surface area contributed by atoms with Gasteiger partial charge >= 0.3 is 0 Å². The number of nitriles is 1. The van der Waals surface area contributed by atoms with E-state index in [0.29, 0.717) is 12.1 Å². The van der Waals surface area contributed by atoms with Crippen molar-refractivity contribution in [2.24, 2.45) is 5.73 Å². The predicted molar refractivity (Wildman–Crippen MR) is 59.5 cm³/mol. The molecule has 0 unspecified atom stereocenters. The third-order valence-electron chi connectivity index (χ3n) is 1.48. The lowest BCUT2D eigenvalue weighted by molar-refractivity contribution is 1.06. The van der Waals surface area contributed by atoms with E-state index in [0.717, 1.165) is 13.6 Å². The topological polar surface area (TPSA) is 49.8 Å². The first-order valence-electron chi connectivity index (χ1n) is 3.27. The Morgan fingerprint density at radius 2 is 2.25 bits per heavy atom. The van der Waals surface area contributed by atoms with Gasteiger partial charge in [-0.3, -0.25) is 0 Å². The number of nitrogens with two attached hydrogens (primary N) is 1. The second kappa shape index (κ2) is 4.21. The third kappa shape index (κ3) is 1.97. The first-order chi connectivity index (χ1) is 5.69. The maximum absolute atomic E-state index is 8.72. The van der Waals surface area contributed by atoms with Crippen LogP contribution in [0.2, 0.25) is 0 Å². The molecular weight excluding hydrogens is 331 g/mol. The molecule has 0 heterocycles. The number of halogens is 2. The Morgan fingerprint density at radius 3 is 2.75 bits per heavy atom. The summed E-state index contributed by atoms with van der Waals surface area (Å²) >= 11 is 5.50. The van der Waals surface area contributed by atoms with Crippen molar-refractivity contribution < 1.29 is 0 Å². The van der Waals surface area contributed by atoms with E-state index in [-0.39, 0.29) is 0 Å². The van der Waals surface area contributed by atoms with Crippen molar-refractivity contribution >= 4 is 38.5 Å². The van der Waals surface area contributed by atoms with Crippen LogP contribution in [0.15, 0.2) is 16.6 Å². The standard InChI is InChI=1S/C8H6BrIN2/c9-7-2-8(10)6(4-12)1-5(7)3-11/h1-2H,3,11H2. The summed E-state index contributed by atoms with van der Waals surface area (Å²) in [5.74, 6) is 0. The number of hydrogen-bond acceptors (Lipinski definition) is 2. The second-order valence-corrected chi connectivity index (χ2v) is 4.26. The molecule has 0 amide bonds. The fraction of sp³-hybridized carbons (Fsp3) is 0.125. The van der Waals surface area contributed by atoms with Gasteiger partial charge in [-0.2, -0.15) is 5.26 Å². The van der Waals surface area contributed by atoms with Crippen LogP contribution >= 0.6 is 38.5 Å². The SMILES string of the molecule is N#Cc1cc(CN)c(Br)cc1I. The van der Waals surface area contributed by atoms with E-state index in [4.69, 9.17) is 11.0 Å². The van der Waals surface area contributed by atoms with Crippen LogP contribution in [0.5, 0.6) is 0 Å². The van der Waals surface area contributed by atoms with Crippen molar-refractivity contribution in [3.63, 3.8) is 0 Å². The van der Waals surface area contributed by atoms with Crippen molar-refractivity contribution in [1.29, 1.82) is 5.26 Å². The molecule has 2 N–H and O–H groups in total. The first kappa shape index (κ1) is 9.96. The Bertz CT molecular complexity index is 344. The van der Waals surface area contributed by atoms with E-state index in [1.807, 2.05) is 12.1 Å². The highest BCUT2D eigenvalue weighted by Gasteiger charge is 2.04. The zero-order valence-corrected chi connectivity index (χ0v) is 9.89. The van der Waals surface area contributed by atoms with E-state index >= 15 is 0 Å². The van der Waals surface area contributed by atoms with E-state index in [1.165, 1.54) is 0 Å². The molecule has 0 atom stereocenters. The average molecular weight is 337 g/mol. The number of hydrogen-bond donors (Lipinski definition) is 1. The summed E-state index contributed by atoms with van der Waals surface area (Å²) in [6.07, 6.45) is 0. The Labute approximate surface area is 93.0 Å². The minimum atomic E-state index is 0.451. The normalized spacial score (nSPS) is 9.50. The van der Waals surface area contributed by atoms with E-state index < -0.39 is 0 Å². The lowest BCUT2D eigenvalue weighted by atomic mass is 10.1. The Morgan fingerprint density at radius 1 is 1.58 bits per heavy atom. The highest BCUT2D eigenvalue weighted by atomic mass is 127. The molecule has 0 bridgehead atoms. The van der Waals surface area contributed by atoms with Gasteiger partial charge in [-0.1, -0.05) is 15.9 Å². The molecule has 1 aromatic rings. The smallest absolute Gasteiger partial charge is 0.100 e. The predicted octanol–water partition coefficient (Wildman–Crippen LogP) is 2.38. The van der Waals surface area contributed by atoms with Crippen molar-refractivity contribution in [1.82, 2.24) is 0 Å². The fourth-order valence-electron chi connectivity index (χ4n) is 0.836. The van der Waals surface area contributed by atoms with Crippen LogP contribution in [-0.2, 0) is 6.54 Å². The van der Waals surface area contributed by atoms with Gasteiger partial charge in [0, 0.05) is 14.6 Å². The maximum atomic E-state index is 8.72. The molecule has 0 aliphatic rings. The molecule has 12 heavy (non-hydrogen) atoms. The molecule has 4 heteroatoms. The molecule has 0 aliphatic carbocycles. The lowest BCUT2D eigenvalue weighted by Crippen LogP contribution is -1.98. The number of benzene rings is 1. The fourth-order valence-corrected chi connectivity index (χ4v) is 2.36. The van der Waals surface area contributed by atoms with Gasteiger partial charge in [0.2, 0.25) is 0 Å². The molecule has 0 spiro atoms. The summed E-state index contributed by atoms with van der Waals surface area (Å²) in [4.78, 5) is 0. The molecule has 0 saturated heterocycles. The largest absolute Gasteiger partial charge is 0.326 e. The third-order valence-corrected chi connectivity index (χ3v) is 3.11. The van der Waals surface area contributed by atoms with Gasteiger partial charge in [-0.25, -0.2) is 0 Å². The van der Waals surface area contributed by atoms with Gasteiger partial charge in [0.05, 0.1) is 5.56 Å². The van der Waals surface area contributed by atoms with Crippen molar-refractivity contribution in [2.75, 3.05) is 0 Å². The van der Waals surface area contributed by atoms with E-state index in [2.05, 4.69) is 44.6 Å². The van der Waals surface area contributed by atoms with Crippen molar-refractivity contribution in [2.45, 2.75) is 6.54 Å². The molecule has 0 aliphatic heterocycles. The molecule has 62 valence electrons. The summed E-state index contributed by atoms with van der Waals surface area (Å²) < 4.78 is 1.91. The summed E-state index contributed by atoms with van der Waals surface area (Å²) in [5.41, 5.74) is 7.13. The van der Waals surface area contributed by atoms with Crippen molar-refractivity contribution in [3.05, 3.63) is 31.3 Å². The van der Waals surface area contributed by atoms with E-state index in [9.17, 15) is 0 Å². The Hall–Kier alpha value is -0.120. The molecule has 0 fully saturated rings. The molecule has 1 rings (SSSR count). The van der Waals surface area contributed by atoms with Crippen LogP contribution in [0.3, 0.4) is 0 Å². The minimum absolute atomic E-state index is 0.451. The monoisotopic (exact) mass is 336 g/mol. The van der Waals surface area contributed by atoms with Gasteiger partial charge in [0.1, 0.15) is 6.07 Å². The number of nitrogens with zero attached hydrogens (tertiary/aromatic N) is 1. The van der Waals surface area contributed by atoms with Crippen LogP contribution in [0.25, 0.3) is 0 Å². The highest BCUT2D eigenvalue weighted by Crippen LogP contribution is 2.22. The maximum Gasteiger partial charge on any atom is 0.100 e. The zero-order chi connectivity index (χ0) is 9.14. The van der Waals surface area contributed by atoms with Gasteiger partial charge in [-0.15, -0.1) is 0 Å². The van der Waals surface area contributed by atoms with Crippen LogP contribution < -0.4 is 5.73 Å². The van der Waals surface area contributed by atoms with Gasteiger partial charge in [-0.05, 0) is 40.3 Å². The van der Waals surface area contributed by atoms with Crippen LogP contribution in [0.4, 0.5) is 0 Å². The zero-order valence-electron chi connectivity index (χ0n) is 6.14. The summed E-state index contributed by atoms with van der Waals surface area (Å²) in [5, 5.41) is 8.72. The molecule has 0 saturated carbocycles. The van der Waals surface area contributed by atoms with Gasteiger partial charge in [0.15, 0.2) is 0 Å². The van der Waals surface area contributed by atoms with E-state index in [1.54, 1.807) is 0 Å². The summed E-state index contributed by atoms with van der Waals surface area (Å²) in [6, 6.07) is 5.83. The van der Waals surface area contributed by atoms with Crippen LogP contribution in [0.1, 0.15) is 11.1 Å². The Balaban J connectivity index is 3.30. The minimum Gasteiger partial charge on any atom is -0.326 e. The summed E-state index contributed by atoms with van der Waals surface area (Å²) in [7, 11) is 0. The lowest BCUT2D eigenvalue weighted by Gasteiger charge is -2.02. The Kier molecular flexibility index (Phi) is 3.50. The quantitative estimate of drug-likeness (QED) is 0.800. The molecule has 1 aromatic carbocycles. The second-order valence-electron chi connectivity index (χ2n) is 2.24. The van der Waals surface area contributed by atoms with Gasteiger partial charge < -0.3 is 5.73 Å². The number of rotatable bonds is 1. The molecule has 2 nitrogen and oxygen atoms in total.